The number of hydrogen-bond donors (Lipinski definition) is 0. The quantitative estimate of drug-likeness (QED) is 0.492. The lowest BCUT2D eigenvalue weighted by Gasteiger charge is -2.31. The van der Waals surface area contributed by atoms with Crippen molar-refractivity contribution in [2.75, 3.05) is 24.7 Å². The molecule has 11 heteroatoms. The number of fused-ring (bicyclic) bond motifs is 3. The van der Waals surface area contributed by atoms with Gasteiger partial charge in [0.05, 0.1) is 18.3 Å². The first-order valence-corrected chi connectivity index (χ1v) is 12.5. The first kappa shape index (κ1) is 24.4. The van der Waals surface area contributed by atoms with Crippen LogP contribution in [0.25, 0.3) is 5.69 Å². The van der Waals surface area contributed by atoms with Crippen LogP contribution in [0.1, 0.15) is 62.8 Å². The van der Waals surface area contributed by atoms with Crippen molar-refractivity contribution in [2.24, 2.45) is 0 Å². The molecule has 1 saturated heterocycles. The van der Waals surface area contributed by atoms with Crippen molar-refractivity contribution in [3.05, 3.63) is 58.9 Å². The maximum atomic E-state index is 13.4. The molecule has 2 aromatic heterocycles. The molecule has 1 unspecified atom stereocenters. The Bertz CT molecular complexity index is 1240. The van der Waals surface area contributed by atoms with Crippen LogP contribution in [0.5, 0.6) is 0 Å². The fourth-order valence-electron chi connectivity index (χ4n) is 4.79. The molecule has 1 aromatic carbocycles. The summed E-state index contributed by atoms with van der Waals surface area (Å²) in [6.45, 7) is 6.06. The average Bonchev–Trinajstić information content (AvgIpc) is 3.27. The number of halogens is 2. The number of carbonyl (C=O) groups excluding carboxylic acids is 1. The summed E-state index contributed by atoms with van der Waals surface area (Å²) in [6, 6.07) is 6.98. The van der Waals surface area contributed by atoms with E-state index in [-0.39, 0.29) is 12.5 Å². The summed E-state index contributed by atoms with van der Waals surface area (Å²) in [4.78, 5) is 25.6. The van der Waals surface area contributed by atoms with Crippen LogP contribution in [0.2, 0.25) is 5.02 Å². The number of amides is 1. The fraction of sp³-hybridized carbons (Fsp3) is 0.480. The number of piperidine rings is 1. The zero-order valence-electron chi connectivity index (χ0n) is 20.6. The predicted molar refractivity (Wildman–Crippen MR) is 133 cm³/mol. The molecule has 2 aliphatic heterocycles. The Labute approximate surface area is 214 Å². The first-order chi connectivity index (χ1) is 17.3. The third kappa shape index (κ3) is 4.61. The SMILES string of the molecule is CC1c2nnc(C3CCN(c4ncccn4)CC3)n2-c2ccc(Cl)cc2CN1C(=O)OC(C)(C)CF. The highest BCUT2D eigenvalue weighted by atomic mass is 35.5. The van der Waals surface area contributed by atoms with Gasteiger partial charge in [0.25, 0.3) is 0 Å². The van der Waals surface area contributed by atoms with E-state index >= 15 is 0 Å². The lowest BCUT2D eigenvalue weighted by Crippen LogP contribution is -2.40. The van der Waals surface area contributed by atoms with E-state index in [1.165, 1.54) is 0 Å². The second-order valence-electron chi connectivity index (χ2n) is 9.90. The average molecular weight is 514 g/mol. The smallest absolute Gasteiger partial charge is 0.411 e. The Morgan fingerprint density at radius 2 is 1.86 bits per heavy atom. The van der Waals surface area contributed by atoms with E-state index in [4.69, 9.17) is 16.3 Å². The topological polar surface area (TPSA) is 89.3 Å². The summed E-state index contributed by atoms with van der Waals surface area (Å²) in [5.74, 6) is 2.39. The summed E-state index contributed by atoms with van der Waals surface area (Å²) in [5, 5.41) is 9.71. The molecule has 0 aliphatic carbocycles. The summed E-state index contributed by atoms with van der Waals surface area (Å²) >= 11 is 6.34. The van der Waals surface area contributed by atoms with Crippen LogP contribution < -0.4 is 4.90 Å². The molecule has 0 spiro atoms. The van der Waals surface area contributed by atoms with Crippen LogP contribution in [0.3, 0.4) is 0 Å². The van der Waals surface area contributed by atoms with Gasteiger partial charge in [0.1, 0.15) is 18.1 Å². The van der Waals surface area contributed by atoms with Crippen molar-refractivity contribution >= 4 is 23.6 Å². The van der Waals surface area contributed by atoms with Crippen molar-refractivity contribution in [2.45, 2.75) is 57.7 Å². The monoisotopic (exact) mass is 513 g/mol. The summed E-state index contributed by atoms with van der Waals surface area (Å²) in [7, 11) is 0. The Morgan fingerprint density at radius 3 is 2.56 bits per heavy atom. The van der Waals surface area contributed by atoms with E-state index in [2.05, 4.69) is 29.6 Å². The fourth-order valence-corrected chi connectivity index (χ4v) is 4.98. The minimum Gasteiger partial charge on any atom is -0.441 e. The Kier molecular flexibility index (Phi) is 6.55. The lowest BCUT2D eigenvalue weighted by molar-refractivity contribution is -0.00874. The van der Waals surface area contributed by atoms with E-state index in [9.17, 15) is 9.18 Å². The number of alkyl halides is 1. The largest absolute Gasteiger partial charge is 0.441 e. The molecule has 0 saturated carbocycles. The number of anilines is 1. The predicted octanol–water partition coefficient (Wildman–Crippen LogP) is 4.86. The number of rotatable bonds is 4. The summed E-state index contributed by atoms with van der Waals surface area (Å²) in [5.41, 5.74) is 0.504. The summed E-state index contributed by atoms with van der Waals surface area (Å²) in [6.07, 6.45) is 4.63. The van der Waals surface area contributed by atoms with E-state index in [0.29, 0.717) is 10.8 Å². The molecule has 3 aromatic rings. The maximum absolute atomic E-state index is 13.4. The molecular weight excluding hydrogens is 485 g/mol. The van der Waals surface area contributed by atoms with Crippen LogP contribution in [-0.4, -0.2) is 61.1 Å². The van der Waals surface area contributed by atoms with Crippen LogP contribution >= 0.6 is 11.6 Å². The number of benzene rings is 1. The minimum atomic E-state index is -1.23. The van der Waals surface area contributed by atoms with Gasteiger partial charge in [-0.2, -0.15) is 0 Å². The minimum absolute atomic E-state index is 0.172. The normalized spacial score (nSPS) is 18.4. The zero-order valence-corrected chi connectivity index (χ0v) is 21.3. The molecule has 190 valence electrons. The molecule has 1 atom stereocenters. The molecular formula is C25H29ClFN7O2. The molecule has 4 heterocycles. The number of ether oxygens (including phenoxy) is 1. The van der Waals surface area contributed by atoms with Gasteiger partial charge < -0.3 is 9.64 Å². The van der Waals surface area contributed by atoms with E-state index < -0.39 is 24.4 Å². The third-order valence-corrected chi connectivity index (χ3v) is 7.03. The standard InChI is InChI=1S/C25H29ClFN7O2/c1-16-21-30-31-22(17-7-11-32(12-8-17)23-28-9-4-10-29-23)34(21)20-6-5-19(26)13-18(20)14-33(16)24(35)36-25(2,3)15-27/h4-6,9-10,13,16-17H,7-8,11-12,14-15H2,1-3H3. The Balaban J connectivity index is 1.48. The molecule has 9 nitrogen and oxygen atoms in total. The van der Waals surface area contributed by atoms with E-state index in [0.717, 1.165) is 49.0 Å². The zero-order chi connectivity index (χ0) is 25.4. The number of nitrogens with zero attached hydrogens (tertiary/aromatic N) is 7. The van der Waals surface area contributed by atoms with Gasteiger partial charge in [-0.15, -0.1) is 10.2 Å². The van der Waals surface area contributed by atoms with Gasteiger partial charge in [0.15, 0.2) is 5.82 Å². The van der Waals surface area contributed by atoms with Gasteiger partial charge in [-0.05, 0) is 63.4 Å². The molecule has 1 amide bonds. The van der Waals surface area contributed by atoms with Gasteiger partial charge in [-0.3, -0.25) is 9.47 Å². The van der Waals surface area contributed by atoms with E-state index in [1.54, 1.807) is 31.1 Å². The molecule has 36 heavy (non-hydrogen) atoms. The number of hydrogen-bond acceptors (Lipinski definition) is 7. The van der Waals surface area contributed by atoms with Gasteiger partial charge >= 0.3 is 6.09 Å². The second kappa shape index (κ2) is 9.65. The van der Waals surface area contributed by atoms with Gasteiger partial charge in [0, 0.05) is 36.4 Å². The molecule has 5 rings (SSSR count). The first-order valence-electron chi connectivity index (χ1n) is 12.1. The molecule has 2 aliphatic rings. The van der Waals surface area contributed by atoms with Crippen LogP contribution in [0.4, 0.5) is 15.1 Å². The van der Waals surface area contributed by atoms with Crippen LogP contribution in [0.15, 0.2) is 36.7 Å². The van der Waals surface area contributed by atoms with Crippen LogP contribution in [0, 0.1) is 0 Å². The molecule has 1 fully saturated rings. The highest BCUT2D eigenvalue weighted by Crippen LogP contribution is 2.37. The van der Waals surface area contributed by atoms with Gasteiger partial charge in [-0.1, -0.05) is 11.6 Å². The highest BCUT2D eigenvalue weighted by molar-refractivity contribution is 6.30. The van der Waals surface area contributed by atoms with E-state index in [1.807, 2.05) is 31.2 Å². The van der Waals surface area contributed by atoms with Crippen molar-refractivity contribution in [3.63, 3.8) is 0 Å². The van der Waals surface area contributed by atoms with Gasteiger partial charge in [0.2, 0.25) is 5.95 Å². The van der Waals surface area contributed by atoms with Crippen molar-refractivity contribution in [1.29, 1.82) is 0 Å². The van der Waals surface area contributed by atoms with Crippen molar-refractivity contribution < 1.29 is 13.9 Å². The van der Waals surface area contributed by atoms with Crippen molar-refractivity contribution in [3.8, 4) is 5.69 Å². The summed E-state index contributed by atoms with van der Waals surface area (Å²) < 4.78 is 21.0. The van der Waals surface area contributed by atoms with Crippen LogP contribution in [-0.2, 0) is 11.3 Å². The van der Waals surface area contributed by atoms with Crippen molar-refractivity contribution in [1.82, 2.24) is 29.6 Å². The molecule has 0 N–H and O–H groups in total. The number of aromatic nitrogens is 5. The lowest BCUT2D eigenvalue weighted by atomic mass is 9.95. The second-order valence-corrected chi connectivity index (χ2v) is 10.3. The maximum Gasteiger partial charge on any atom is 0.411 e. The molecule has 0 bridgehead atoms. The number of carbonyl (C=O) groups is 1. The highest BCUT2D eigenvalue weighted by Gasteiger charge is 2.37. The van der Waals surface area contributed by atoms with Gasteiger partial charge in [-0.25, -0.2) is 19.2 Å². The Morgan fingerprint density at radius 1 is 1.17 bits per heavy atom. The third-order valence-electron chi connectivity index (χ3n) is 6.79. The molecule has 0 radical (unpaired) electrons. The Hall–Kier alpha value is -3.27.